The second-order valence-corrected chi connectivity index (χ2v) is 9.88. The van der Waals surface area contributed by atoms with Gasteiger partial charge in [-0.15, -0.1) is 0 Å². The Morgan fingerprint density at radius 2 is 1.23 bits per heavy atom. The van der Waals surface area contributed by atoms with Crippen LogP contribution in [-0.4, -0.2) is 83.2 Å². The summed E-state index contributed by atoms with van der Waals surface area (Å²) in [6.45, 7) is 8.37. The van der Waals surface area contributed by atoms with E-state index in [1.165, 1.54) is 18.6 Å². The van der Waals surface area contributed by atoms with Crippen LogP contribution in [0.5, 0.6) is 0 Å². The highest BCUT2D eigenvalue weighted by molar-refractivity contribution is 6.58. The maximum Gasteiger partial charge on any atom is 0.491 e. The molecule has 0 bridgehead atoms. The van der Waals surface area contributed by atoms with Crippen LogP contribution in [0.25, 0.3) is 11.4 Å². The van der Waals surface area contributed by atoms with Crippen LogP contribution in [0.15, 0.2) is 49.3 Å². The van der Waals surface area contributed by atoms with Gasteiger partial charge >= 0.3 is 7.12 Å². The van der Waals surface area contributed by atoms with E-state index in [4.69, 9.17) is 33.1 Å². The molecule has 6 heterocycles. The van der Waals surface area contributed by atoms with E-state index in [2.05, 4.69) is 63.5 Å². The van der Waals surface area contributed by atoms with Gasteiger partial charge in [0.25, 0.3) is 0 Å². The molecule has 208 valence electrons. The maximum absolute atomic E-state index is 8.83. The topological polar surface area (TPSA) is 202 Å². The molecule has 0 spiro atoms. The van der Waals surface area contributed by atoms with Gasteiger partial charge in [-0.1, -0.05) is 13.8 Å². The highest BCUT2D eigenvalue weighted by atomic mass is 35.5. The lowest BCUT2D eigenvalue weighted by Gasteiger charge is -2.37. The average Bonchev–Trinajstić information content (AvgIpc) is 2.90. The molecule has 6 rings (SSSR count). The fourth-order valence-electron chi connectivity index (χ4n) is 3.81. The molecule has 2 aliphatic rings. The molecule has 4 aromatic rings. The van der Waals surface area contributed by atoms with Gasteiger partial charge in [0.15, 0.2) is 5.82 Å². The number of anilines is 4. The molecule has 0 aliphatic carbocycles. The molecule has 40 heavy (non-hydrogen) atoms. The summed E-state index contributed by atoms with van der Waals surface area (Å²) >= 11 is 5.34. The molecule has 0 radical (unpaired) electrons. The Morgan fingerprint density at radius 3 is 1.62 bits per heavy atom. The van der Waals surface area contributed by atoms with Crippen LogP contribution in [0.1, 0.15) is 13.8 Å². The van der Waals surface area contributed by atoms with Gasteiger partial charge in [0.1, 0.15) is 11.6 Å². The van der Waals surface area contributed by atoms with E-state index in [1.54, 1.807) is 30.7 Å². The molecule has 0 atom stereocenters. The number of aromatic nitrogens is 8. The van der Waals surface area contributed by atoms with E-state index in [-0.39, 0.29) is 5.28 Å². The van der Waals surface area contributed by atoms with E-state index in [0.717, 1.165) is 43.6 Å². The van der Waals surface area contributed by atoms with Crippen molar-refractivity contribution in [3.63, 3.8) is 0 Å². The minimum absolute atomic E-state index is 0.185. The van der Waals surface area contributed by atoms with Crippen molar-refractivity contribution in [3.05, 3.63) is 54.6 Å². The van der Waals surface area contributed by atoms with Crippen LogP contribution in [0.2, 0.25) is 5.28 Å². The van der Waals surface area contributed by atoms with Crippen molar-refractivity contribution in [1.29, 1.82) is 0 Å². The van der Waals surface area contributed by atoms with E-state index in [0.29, 0.717) is 34.8 Å². The highest BCUT2D eigenvalue weighted by Gasteiger charge is 2.25. The van der Waals surface area contributed by atoms with Gasteiger partial charge in [0.05, 0.1) is 5.56 Å². The second-order valence-electron chi connectivity index (χ2n) is 9.54. The van der Waals surface area contributed by atoms with Crippen molar-refractivity contribution < 1.29 is 10.0 Å². The lowest BCUT2D eigenvalue weighted by Crippen LogP contribution is -2.46. The van der Waals surface area contributed by atoms with Gasteiger partial charge in [-0.2, -0.15) is 0 Å². The monoisotopic (exact) mass is 564 g/mol. The number of hydrogen-bond donors (Lipinski definition) is 4. The molecule has 2 fully saturated rings. The Morgan fingerprint density at radius 1 is 0.750 bits per heavy atom. The summed E-state index contributed by atoms with van der Waals surface area (Å²) in [7, 11) is -1.49. The Kier molecular flexibility index (Phi) is 9.53. The number of nitrogens with two attached hydrogens (primary N) is 2. The largest absolute Gasteiger partial charge is 0.491 e. The van der Waals surface area contributed by atoms with E-state index in [1.807, 2.05) is 0 Å². The SMILES string of the molecule is CC1CN(c2ncc(-c3nccc(N)n3)cn2)C1.CC1CN(c2ncc(B(O)O)cn2)C1.Nc1ccnc(Cl)n1. The van der Waals surface area contributed by atoms with Crippen LogP contribution in [0.3, 0.4) is 0 Å². The molecule has 2 saturated heterocycles. The van der Waals surface area contributed by atoms with Gasteiger partial charge in [-0.25, -0.2) is 39.9 Å². The zero-order valence-corrected chi connectivity index (χ0v) is 22.8. The normalized spacial score (nSPS) is 14.6. The first-order valence-electron chi connectivity index (χ1n) is 12.5. The van der Waals surface area contributed by atoms with Crippen LogP contribution < -0.4 is 26.7 Å². The van der Waals surface area contributed by atoms with E-state index >= 15 is 0 Å². The summed E-state index contributed by atoms with van der Waals surface area (Å²) in [5, 5.41) is 17.8. The summed E-state index contributed by atoms with van der Waals surface area (Å²) in [5.41, 5.74) is 11.9. The Labute approximate surface area is 236 Å². The van der Waals surface area contributed by atoms with Gasteiger partial charge in [-0.3, -0.25) is 0 Å². The zero-order chi connectivity index (χ0) is 28.6. The number of nitrogen functional groups attached to an aromatic ring is 2. The molecular formula is C24H30BClN12O2. The van der Waals surface area contributed by atoms with Gasteiger partial charge in [-0.05, 0) is 35.6 Å². The molecule has 0 unspecified atom stereocenters. The second kappa shape index (κ2) is 13.2. The summed E-state index contributed by atoms with van der Waals surface area (Å²) in [6.07, 6.45) is 9.49. The van der Waals surface area contributed by atoms with Crippen LogP contribution in [0.4, 0.5) is 23.5 Å². The highest BCUT2D eigenvalue weighted by Crippen LogP contribution is 2.22. The first-order valence-corrected chi connectivity index (χ1v) is 12.9. The molecule has 14 nitrogen and oxygen atoms in total. The molecule has 4 aromatic heterocycles. The molecular weight excluding hydrogens is 535 g/mol. The number of hydrogen-bond acceptors (Lipinski definition) is 14. The minimum Gasteiger partial charge on any atom is -0.423 e. The van der Waals surface area contributed by atoms with Crippen molar-refractivity contribution in [3.8, 4) is 11.4 Å². The van der Waals surface area contributed by atoms with Crippen LogP contribution >= 0.6 is 11.6 Å². The first kappa shape index (κ1) is 28.8. The zero-order valence-electron chi connectivity index (χ0n) is 22.1. The lowest BCUT2D eigenvalue weighted by atomic mass is 9.83. The fourth-order valence-corrected chi connectivity index (χ4v) is 3.97. The van der Waals surface area contributed by atoms with Crippen molar-refractivity contribution in [1.82, 2.24) is 39.9 Å². The standard InChI is InChI=1S/C12H14N6.C8H12BN3O2.C4H4ClN3/c1-8-6-18(7-8)12-15-4-9(5-16-12)11-14-3-2-10(13)17-11;1-6-4-12(5-6)8-10-2-7(3-11-8)9(13)14;5-4-7-2-1-3(6)8-4/h2-5,8H,6-7H2,1H3,(H2,13,14,17);2-3,6,13-14H,4-5H2,1H3;1-2H,(H2,6,7,8). The fraction of sp³-hybridized carbons (Fsp3) is 0.333. The predicted molar refractivity (Wildman–Crippen MR) is 154 cm³/mol. The van der Waals surface area contributed by atoms with Gasteiger partial charge < -0.3 is 31.3 Å². The summed E-state index contributed by atoms with van der Waals surface area (Å²) < 4.78 is 0. The van der Waals surface area contributed by atoms with Crippen LogP contribution in [0, 0.1) is 11.8 Å². The summed E-state index contributed by atoms with van der Waals surface area (Å²) in [6, 6.07) is 3.23. The Balaban J connectivity index is 0.000000149. The van der Waals surface area contributed by atoms with Crippen LogP contribution in [-0.2, 0) is 0 Å². The van der Waals surface area contributed by atoms with Gasteiger partial charge in [0.2, 0.25) is 17.2 Å². The lowest BCUT2D eigenvalue weighted by molar-refractivity contribution is 0.424. The number of rotatable bonds is 4. The maximum atomic E-state index is 8.83. The van der Waals surface area contributed by atoms with Crippen molar-refractivity contribution in [2.45, 2.75) is 13.8 Å². The number of nitrogens with zero attached hydrogens (tertiary/aromatic N) is 10. The summed E-state index contributed by atoms with van der Waals surface area (Å²) in [5.74, 6) is 4.24. The Hall–Kier alpha value is -4.21. The Bertz CT molecular complexity index is 1350. The third-order valence-electron chi connectivity index (χ3n) is 5.87. The molecule has 6 N–H and O–H groups in total. The molecule has 0 saturated carbocycles. The third-order valence-corrected chi connectivity index (χ3v) is 6.05. The molecule has 0 aromatic carbocycles. The predicted octanol–water partition coefficient (Wildman–Crippen LogP) is 0.297. The first-order chi connectivity index (χ1) is 19.2. The van der Waals surface area contributed by atoms with Crippen molar-refractivity contribution >= 4 is 47.7 Å². The van der Waals surface area contributed by atoms with Gasteiger partial charge in [0, 0.05) is 68.8 Å². The molecule has 2 aliphatic heterocycles. The smallest absolute Gasteiger partial charge is 0.423 e. The van der Waals surface area contributed by atoms with Crippen molar-refractivity contribution in [2.24, 2.45) is 11.8 Å². The number of halogens is 1. The quantitative estimate of drug-likeness (QED) is 0.194. The summed E-state index contributed by atoms with van der Waals surface area (Å²) in [4.78, 5) is 36.5. The van der Waals surface area contributed by atoms with Crippen molar-refractivity contribution in [2.75, 3.05) is 47.4 Å². The van der Waals surface area contributed by atoms with E-state index < -0.39 is 7.12 Å². The third kappa shape index (κ3) is 7.91. The molecule has 0 amide bonds. The average molecular weight is 565 g/mol. The minimum atomic E-state index is -1.49. The molecule has 16 heteroatoms. The van der Waals surface area contributed by atoms with E-state index in [9.17, 15) is 0 Å².